The third-order valence-corrected chi connectivity index (χ3v) is 2.87. The van der Waals surface area contributed by atoms with Gasteiger partial charge in [-0.15, -0.1) is 0 Å². The normalized spacial score (nSPS) is 12.1. The topological polar surface area (TPSA) is 17.1 Å². The number of hydrogen-bond acceptors (Lipinski definition) is 1. The van der Waals surface area contributed by atoms with Crippen LogP contribution in [0.5, 0.6) is 0 Å². The molecule has 0 fully saturated rings. The zero-order valence-corrected chi connectivity index (χ0v) is 10.4. The van der Waals surface area contributed by atoms with Gasteiger partial charge in [0.15, 0.2) is 0 Å². The number of allylic oxidation sites excluding steroid dienone is 1. The van der Waals surface area contributed by atoms with E-state index in [1.54, 1.807) is 6.08 Å². The molecule has 88 valence electrons. The minimum absolute atomic E-state index is 0.419. The zero-order chi connectivity index (χ0) is 11.4. The molecule has 0 saturated heterocycles. The first kappa shape index (κ1) is 14.5. The number of rotatable bonds is 10. The predicted molar refractivity (Wildman–Crippen MR) is 66.7 cm³/mol. The van der Waals surface area contributed by atoms with Crippen molar-refractivity contribution in [2.24, 2.45) is 5.92 Å². The van der Waals surface area contributed by atoms with Crippen LogP contribution in [0.15, 0.2) is 6.08 Å². The lowest BCUT2D eigenvalue weighted by Gasteiger charge is -2.04. The molecule has 0 bridgehead atoms. The highest BCUT2D eigenvalue weighted by Gasteiger charge is 1.97. The first-order valence-corrected chi connectivity index (χ1v) is 6.52. The Bertz CT molecular complexity index is 168. The Balaban J connectivity index is 3.07. The second-order valence-corrected chi connectivity index (χ2v) is 4.53. The summed E-state index contributed by atoms with van der Waals surface area (Å²) in [5.74, 6) is 2.29. The van der Waals surface area contributed by atoms with Crippen LogP contribution in [0, 0.1) is 5.92 Å². The Morgan fingerprint density at radius 1 is 1.00 bits per heavy atom. The molecule has 0 aromatic rings. The Hall–Kier alpha value is -0.550. The van der Waals surface area contributed by atoms with Gasteiger partial charge in [0, 0.05) is 6.08 Å². The van der Waals surface area contributed by atoms with Crippen molar-refractivity contribution in [3.63, 3.8) is 0 Å². The second kappa shape index (κ2) is 11.5. The van der Waals surface area contributed by atoms with Crippen molar-refractivity contribution >= 4 is 5.94 Å². The molecule has 1 nitrogen and oxygen atoms in total. The van der Waals surface area contributed by atoms with E-state index in [4.69, 9.17) is 0 Å². The zero-order valence-electron chi connectivity index (χ0n) is 10.4. The molecule has 0 aromatic carbocycles. The largest absolute Gasteiger partial charge is 0.234 e. The van der Waals surface area contributed by atoms with Crippen LogP contribution >= 0.6 is 0 Å². The Morgan fingerprint density at radius 2 is 1.53 bits per heavy atom. The minimum atomic E-state index is 0.419. The third kappa shape index (κ3) is 11.4. The molecule has 0 spiro atoms. The SMILES string of the molecule is CCCCCCCCCCC(C)C=C=O. The van der Waals surface area contributed by atoms with Gasteiger partial charge in [-0.1, -0.05) is 65.2 Å². The monoisotopic (exact) mass is 210 g/mol. The van der Waals surface area contributed by atoms with Crippen molar-refractivity contribution < 1.29 is 4.79 Å². The van der Waals surface area contributed by atoms with Crippen LogP contribution in [0.3, 0.4) is 0 Å². The average Bonchev–Trinajstić information content (AvgIpc) is 2.22. The van der Waals surface area contributed by atoms with E-state index in [0.29, 0.717) is 5.92 Å². The maximum absolute atomic E-state index is 10.1. The van der Waals surface area contributed by atoms with Crippen molar-refractivity contribution in [2.75, 3.05) is 0 Å². The summed E-state index contributed by atoms with van der Waals surface area (Å²) in [4.78, 5) is 10.1. The molecule has 0 aliphatic heterocycles. The summed E-state index contributed by atoms with van der Waals surface area (Å²) in [6, 6.07) is 0. The molecule has 0 aliphatic carbocycles. The lowest BCUT2D eigenvalue weighted by Crippen LogP contribution is -1.90. The van der Waals surface area contributed by atoms with E-state index in [2.05, 4.69) is 13.8 Å². The van der Waals surface area contributed by atoms with E-state index in [-0.39, 0.29) is 0 Å². The molecule has 0 aromatic heterocycles. The van der Waals surface area contributed by atoms with E-state index >= 15 is 0 Å². The molecular formula is C14H26O. The molecule has 0 amide bonds. The highest BCUT2D eigenvalue weighted by Crippen LogP contribution is 2.13. The smallest absolute Gasteiger partial charge is 0.120 e. The first-order valence-electron chi connectivity index (χ1n) is 6.52. The van der Waals surface area contributed by atoms with Gasteiger partial charge in [-0.25, -0.2) is 4.79 Å². The molecule has 1 unspecified atom stereocenters. The Labute approximate surface area is 95.0 Å². The Morgan fingerprint density at radius 3 is 2.07 bits per heavy atom. The number of carbonyl (C=O) groups excluding carboxylic acids is 1. The van der Waals surface area contributed by atoms with Crippen LogP contribution < -0.4 is 0 Å². The van der Waals surface area contributed by atoms with Gasteiger partial charge in [0.05, 0.1) is 0 Å². The van der Waals surface area contributed by atoms with Crippen LogP contribution in [0.1, 0.15) is 71.6 Å². The van der Waals surface area contributed by atoms with Gasteiger partial charge in [0.25, 0.3) is 0 Å². The fraction of sp³-hybridized carbons (Fsp3) is 0.857. The van der Waals surface area contributed by atoms with Gasteiger partial charge in [0.1, 0.15) is 5.94 Å². The van der Waals surface area contributed by atoms with Crippen molar-refractivity contribution in [3.05, 3.63) is 6.08 Å². The molecule has 0 N–H and O–H groups in total. The van der Waals surface area contributed by atoms with E-state index in [1.807, 2.05) is 5.94 Å². The van der Waals surface area contributed by atoms with Crippen molar-refractivity contribution in [2.45, 2.75) is 71.6 Å². The summed E-state index contributed by atoms with van der Waals surface area (Å²) in [6.07, 6.45) is 13.6. The molecule has 0 saturated carbocycles. The Kier molecular flexibility index (Phi) is 11.1. The van der Waals surface area contributed by atoms with Gasteiger partial charge >= 0.3 is 0 Å². The maximum atomic E-state index is 10.1. The van der Waals surface area contributed by atoms with Crippen LogP contribution in [-0.4, -0.2) is 5.94 Å². The van der Waals surface area contributed by atoms with Gasteiger partial charge in [-0.2, -0.15) is 0 Å². The number of unbranched alkanes of at least 4 members (excludes halogenated alkanes) is 7. The quantitative estimate of drug-likeness (QED) is 0.382. The number of hydrogen-bond donors (Lipinski definition) is 0. The van der Waals surface area contributed by atoms with Gasteiger partial charge < -0.3 is 0 Å². The molecular weight excluding hydrogens is 184 g/mol. The van der Waals surface area contributed by atoms with E-state index < -0.39 is 0 Å². The molecule has 15 heavy (non-hydrogen) atoms. The van der Waals surface area contributed by atoms with Gasteiger partial charge in [-0.3, -0.25) is 0 Å². The van der Waals surface area contributed by atoms with Gasteiger partial charge in [0.2, 0.25) is 0 Å². The van der Waals surface area contributed by atoms with E-state index in [0.717, 1.165) is 6.42 Å². The van der Waals surface area contributed by atoms with Crippen LogP contribution in [0.4, 0.5) is 0 Å². The summed E-state index contributed by atoms with van der Waals surface area (Å²) in [5, 5.41) is 0. The summed E-state index contributed by atoms with van der Waals surface area (Å²) < 4.78 is 0. The van der Waals surface area contributed by atoms with Crippen LogP contribution in [0.2, 0.25) is 0 Å². The first-order chi connectivity index (χ1) is 7.31. The second-order valence-electron chi connectivity index (χ2n) is 4.53. The highest BCUT2D eigenvalue weighted by molar-refractivity contribution is 5.45. The lowest BCUT2D eigenvalue weighted by molar-refractivity contribution is 0.529. The summed E-state index contributed by atoms with van der Waals surface area (Å²) >= 11 is 0. The molecule has 0 radical (unpaired) electrons. The van der Waals surface area contributed by atoms with Gasteiger partial charge in [-0.05, 0) is 12.3 Å². The van der Waals surface area contributed by atoms with Crippen LogP contribution in [0.25, 0.3) is 0 Å². The molecule has 0 heterocycles. The summed E-state index contributed by atoms with van der Waals surface area (Å²) in [6.45, 7) is 4.34. The van der Waals surface area contributed by atoms with E-state index in [9.17, 15) is 4.79 Å². The van der Waals surface area contributed by atoms with Crippen molar-refractivity contribution in [1.82, 2.24) is 0 Å². The maximum Gasteiger partial charge on any atom is 0.120 e. The molecule has 1 atom stereocenters. The predicted octanol–water partition coefficient (Wildman–Crippen LogP) is 4.54. The molecule has 1 heteroatoms. The standard InChI is InChI=1S/C14H26O/c1-3-4-5-6-7-8-9-10-11-14(2)12-13-15/h12,14H,3-11H2,1-2H3. The fourth-order valence-electron chi connectivity index (χ4n) is 1.80. The third-order valence-electron chi connectivity index (χ3n) is 2.87. The van der Waals surface area contributed by atoms with Crippen molar-refractivity contribution in [1.29, 1.82) is 0 Å². The van der Waals surface area contributed by atoms with E-state index in [1.165, 1.54) is 51.4 Å². The molecule has 0 aliphatic rings. The fourth-order valence-corrected chi connectivity index (χ4v) is 1.80. The lowest BCUT2D eigenvalue weighted by atomic mass is 10.0. The van der Waals surface area contributed by atoms with Crippen LogP contribution in [-0.2, 0) is 4.79 Å². The average molecular weight is 210 g/mol. The minimum Gasteiger partial charge on any atom is -0.234 e. The highest BCUT2D eigenvalue weighted by atomic mass is 16.1. The summed E-state index contributed by atoms with van der Waals surface area (Å²) in [5.41, 5.74) is 0. The van der Waals surface area contributed by atoms with Crippen molar-refractivity contribution in [3.8, 4) is 0 Å². The summed E-state index contributed by atoms with van der Waals surface area (Å²) in [7, 11) is 0. The molecule has 0 rings (SSSR count).